The van der Waals surface area contributed by atoms with Gasteiger partial charge in [-0.15, -0.1) is 23.7 Å². The highest BCUT2D eigenvalue weighted by molar-refractivity contribution is 7.15. The van der Waals surface area contributed by atoms with Gasteiger partial charge in [0.05, 0.1) is 12.8 Å². The van der Waals surface area contributed by atoms with Gasteiger partial charge >= 0.3 is 0 Å². The molecule has 0 spiro atoms. The minimum Gasteiger partial charge on any atom is -0.497 e. The topological polar surface area (TPSA) is 51.2 Å². The zero-order valence-electron chi connectivity index (χ0n) is 11.7. The summed E-state index contributed by atoms with van der Waals surface area (Å²) in [7, 11) is 1.61. The van der Waals surface area contributed by atoms with Crippen molar-refractivity contribution >= 4 is 34.8 Å². The second-order valence-corrected chi connectivity index (χ2v) is 5.86. The van der Waals surface area contributed by atoms with Crippen LogP contribution in [-0.4, -0.2) is 18.0 Å². The molecule has 2 aromatic rings. The number of anilines is 1. The van der Waals surface area contributed by atoms with Crippen molar-refractivity contribution in [3.8, 4) is 5.75 Å². The van der Waals surface area contributed by atoms with Crippen LogP contribution in [0.3, 0.4) is 0 Å². The highest BCUT2D eigenvalue weighted by Crippen LogP contribution is 2.29. The first kappa shape index (κ1) is 15.8. The van der Waals surface area contributed by atoms with Crippen molar-refractivity contribution in [3.63, 3.8) is 0 Å². The second-order valence-electron chi connectivity index (χ2n) is 4.78. The Morgan fingerprint density at radius 3 is 2.62 bits per heavy atom. The number of halogens is 1. The van der Waals surface area contributed by atoms with Crippen molar-refractivity contribution in [2.45, 2.75) is 25.7 Å². The molecule has 0 unspecified atom stereocenters. The molecule has 1 amide bonds. The Morgan fingerprint density at radius 1 is 1.24 bits per heavy atom. The van der Waals surface area contributed by atoms with Gasteiger partial charge in [-0.1, -0.05) is 0 Å². The first-order valence-electron chi connectivity index (χ1n) is 6.70. The molecule has 0 atom stereocenters. The maximum absolute atomic E-state index is 12.1. The summed E-state index contributed by atoms with van der Waals surface area (Å²) in [6.45, 7) is 0. The van der Waals surface area contributed by atoms with E-state index in [0.29, 0.717) is 10.7 Å². The van der Waals surface area contributed by atoms with Crippen LogP contribution in [0.4, 0.5) is 5.13 Å². The Labute approximate surface area is 134 Å². The predicted molar refractivity (Wildman–Crippen MR) is 87.0 cm³/mol. The molecule has 0 radical (unpaired) electrons. The molecule has 1 heterocycles. The number of hydrogen-bond donors (Lipinski definition) is 1. The summed E-state index contributed by atoms with van der Waals surface area (Å²) in [4.78, 5) is 18.0. The lowest BCUT2D eigenvalue weighted by atomic mass is 10.0. The van der Waals surface area contributed by atoms with Gasteiger partial charge in [-0.2, -0.15) is 0 Å². The number of benzene rings is 1. The van der Waals surface area contributed by atoms with Gasteiger partial charge in [0.25, 0.3) is 5.91 Å². The van der Waals surface area contributed by atoms with E-state index >= 15 is 0 Å². The highest BCUT2D eigenvalue weighted by atomic mass is 35.5. The van der Waals surface area contributed by atoms with E-state index in [1.165, 1.54) is 17.7 Å². The number of carbonyl (C=O) groups excluding carboxylic acids is 1. The van der Waals surface area contributed by atoms with E-state index in [-0.39, 0.29) is 18.3 Å². The summed E-state index contributed by atoms with van der Waals surface area (Å²) in [5, 5.41) is 3.59. The van der Waals surface area contributed by atoms with Gasteiger partial charge in [0.1, 0.15) is 5.75 Å². The van der Waals surface area contributed by atoms with Crippen LogP contribution in [0.25, 0.3) is 0 Å². The molecule has 0 fully saturated rings. The van der Waals surface area contributed by atoms with Crippen molar-refractivity contribution in [1.82, 2.24) is 4.98 Å². The smallest absolute Gasteiger partial charge is 0.257 e. The molecule has 0 saturated carbocycles. The van der Waals surface area contributed by atoms with E-state index in [4.69, 9.17) is 4.74 Å². The van der Waals surface area contributed by atoms with Crippen LogP contribution in [0.1, 0.15) is 33.8 Å². The van der Waals surface area contributed by atoms with Crippen LogP contribution in [0.2, 0.25) is 0 Å². The summed E-state index contributed by atoms with van der Waals surface area (Å²) in [6, 6.07) is 7.06. The Hall–Kier alpha value is -1.59. The van der Waals surface area contributed by atoms with E-state index in [9.17, 15) is 4.79 Å². The fourth-order valence-corrected chi connectivity index (χ4v) is 3.36. The zero-order chi connectivity index (χ0) is 13.9. The number of aryl methyl sites for hydroxylation is 2. The molecule has 3 rings (SSSR count). The van der Waals surface area contributed by atoms with Crippen molar-refractivity contribution in [3.05, 3.63) is 40.4 Å². The Bertz CT molecular complexity index is 602. The molecule has 1 aliphatic rings. The monoisotopic (exact) mass is 324 g/mol. The molecule has 21 heavy (non-hydrogen) atoms. The maximum atomic E-state index is 12.1. The summed E-state index contributed by atoms with van der Waals surface area (Å²) in [5.74, 6) is 0.616. The van der Waals surface area contributed by atoms with Crippen molar-refractivity contribution < 1.29 is 9.53 Å². The number of ether oxygens (including phenoxy) is 1. The Kier molecular flexibility index (Phi) is 5.20. The number of carbonyl (C=O) groups is 1. The largest absolute Gasteiger partial charge is 0.497 e. The number of rotatable bonds is 3. The average Bonchev–Trinajstić information content (AvgIpc) is 2.89. The first-order valence-corrected chi connectivity index (χ1v) is 7.52. The quantitative estimate of drug-likeness (QED) is 0.936. The fraction of sp³-hybridized carbons (Fsp3) is 0.333. The van der Waals surface area contributed by atoms with Crippen LogP contribution in [0.5, 0.6) is 5.75 Å². The summed E-state index contributed by atoms with van der Waals surface area (Å²) in [5.41, 5.74) is 1.77. The summed E-state index contributed by atoms with van der Waals surface area (Å²) < 4.78 is 5.08. The lowest BCUT2D eigenvalue weighted by Crippen LogP contribution is -2.11. The number of fused-ring (bicyclic) bond motifs is 1. The number of nitrogens with zero attached hydrogens (tertiary/aromatic N) is 1. The van der Waals surface area contributed by atoms with Crippen molar-refractivity contribution in [1.29, 1.82) is 0 Å². The van der Waals surface area contributed by atoms with Gasteiger partial charge in [0, 0.05) is 10.4 Å². The predicted octanol–water partition coefficient (Wildman–Crippen LogP) is 3.70. The van der Waals surface area contributed by atoms with Gasteiger partial charge in [-0.05, 0) is 49.9 Å². The Balaban J connectivity index is 0.00000161. The van der Waals surface area contributed by atoms with Crippen LogP contribution < -0.4 is 10.1 Å². The highest BCUT2D eigenvalue weighted by Gasteiger charge is 2.16. The number of methoxy groups -OCH3 is 1. The zero-order valence-corrected chi connectivity index (χ0v) is 13.4. The fourth-order valence-electron chi connectivity index (χ4n) is 2.32. The van der Waals surface area contributed by atoms with Crippen molar-refractivity contribution in [2.24, 2.45) is 0 Å². The average molecular weight is 325 g/mol. The van der Waals surface area contributed by atoms with E-state index in [0.717, 1.165) is 24.3 Å². The van der Waals surface area contributed by atoms with Crippen molar-refractivity contribution in [2.75, 3.05) is 12.4 Å². The lowest BCUT2D eigenvalue weighted by Gasteiger charge is -2.06. The molecule has 0 saturated heterocycles. The number of nitrogens with one attached hydrogen (secondary N) is 1. The normalized spacial score (nSPS) is 13.0. The number of thiazole rings is 1. The third kappa shape index (κ3) is 3.54. The number of amides is 1. The molecular weight excluding hydrogens is 308 g/mol. The van der Waals surface area contributed by atoms with Gasteiger partial charge < -0.3 is 4.74 Å². The first-order chi connectivity index (χ1) is 9.76. The third-order valence-electron chi connectivity index (χ3n) is 3.42. The lowest BCUT2D eigenvalue weighted by molar-refractivity contribution is 0.102. The molecule has 6 heteroatoms. The molecule has 1 aromatic heterocycles. The molecule has 4 nitrogen and oxygen atoms in total. The molecule has 0 aliphatic heterocycles. The van der Waals surface area contributed by atoms with Gasteiger partial charge in [-0.3, -0.25) is 10.1 Å². The molecule has 1 aliphatic carbocycles. The number of hydrogen-bond acceptors (Lipinski definition) is 4. The molecule has 0 bridgehead atoms. The van der Waals surface area contributed by atoms with E-state index in [1.807, 2.05) is 0 Å². The summed E-state index contributed by atoms with van der Waals surface area (Å²) >= 11 is 1.60. The summed E-state index contributed by atoms with van der Waals surface area (Å²) in [6.07, 6.45) is 4.54. The number of aromatic nitrogens is 1. The molecule has 1 N–H and O–H groups in total. The van der Waals surface area contributed by atoms with Crippen LogP contribution >= 0.6 is 23.7 Å². The van der Waals surface area contributed by atoms with Crippen LogP contribution in [-0.2, 0) is 12.8 Å². The van der Waals surface area contributed by atoms with E-state index in [2.05, 4.69) is 10.3 Å². The van der Waals surface area contributed by atoms with Gasteiger partial charge in [-0.25, -0.2) is 4.98 Å². The minimum atomic E-state index is -0.126. The standard InChI is InChI=1S/C15H16N2O2S.ClH/c1-19-11-8-6-10(7-9-11)14(18)17-15-16-12-4-2-3-5-13(12)20-15;/h6-9H,2-5H2,1H3,(H,16,17,18);1H. The maximum Gasteiger partial charge on any atom is 0.257 e. The molecule has 1 aromatic carbocycles. The van der Waals surface area contributed by atoms with Crippen LogP contribution in [0, 0.1) is 0 Å². The van der Waals surface area contributed by atoms with E-state index in [1.54, 1.807) is 42.7 Å². The van der Waals surface area contributed by atoms with Gasteiger partial charge in [0.15, 0.2) is 5.13 Å². The third-order valence-corrected chi connectivity index (χ3v) is 4.49. The van der Waals surface area contributed by atoms with E-state index < -0.39 is 0 Å². The Morgan fingerprint density at radius 2 is 1.95 bits per heavy atom. The minimum absolute atomic E-state index is 0. The van der Waals surface area contributed by atoms with Gasteiger partial charge in [0.2, 0.25) is 0 Å². The SMILES string of the molecule is COc1ccc(C(=O)Nc2nc3c(s2)CCCC3)cc1.Cl. The molecular formula is C15H17ClN2O2S. The molecule has 112 valence electrons. The second kappa shape index (κ2) is 6.91. The van der Waals surface area contributed by atoms with Crippen LogP contribution in [0.15, 0.2) is 24.3 Å².